The molecule has 0 aromatic carbocycles. The van der Waals surface area contributed by atoms with Crippen molar-refractivity contribution in [3.05, 3.63) is 17.2 Å². The number of imidazole rings is 1. The lowest BCUT2D eigenvalue weighted by Crippen LogP contribution is -1.86. The highest BCUT2D eigenvalue weighted by molar-refractivity contribution is 5.10. The number of hydrogen-bond acceptors (Lipinski definition) is 1. The van der Waals surface area contributed by atoms with E-state index in [1.165, 1.54) is 18.5 Å². The van der Waals surface area contributed by atoms with Gasteiger partial charge < -0.3 is 4.98 Å². The zero-order chi connectivity index (χ0) is 10.3. The van der Waals surface area contributed by atoms with Gasteiger partial charge in [0, 0.05) is 12.1 Å². The molecule has 1 N–H and O–H groups in total. The van der Waals surface area contributed by atoms with Crippen LogP contribution in [-0.2, 0) is 6.42 Å². The van der Waals surface area contributed by atoms with Crippen LogP contribution >= 0.6 is 0 Å². The van der Waals surface area contributed by atoms with Gasteiger partial charge in [-0.3, -0.25) is 0 Å². The van der Waals surface area contributed by atoms with Crippen LogP contribution in [0.4, 0.5) is 0 Å². The van der Waals surface area contributed by atoms with Gasteiger partial charge in [0.2, 0.25) is 0 Å². The lowest BCUT2D eigenvalue weighted by Gasteiger charge is -1.91. The largest absolute Gasteiger partial charge is 0.346 e. The van der Waals surface area contributed by atoms with E-state index in [1.54, 1.807) is 0 Å². The first-order chi connectivity index (χ1) is 6.24. The molecule has 0 aliphatic heterocycles. The number of aromatic amines is 1. The highest BCUT2D eigenvalue weighted by Crippen LogP contribution is 2.05. The summed E-state index contributed by atoms with van der Waals surface area (Å²) in [5.41, 5.74) is 2.34. The Labute approximate surface area is 89.2 Å². The van der Waals surface area contributed by atoms with Crippen LogP contribution in [0.25, 0.3) is 0 Å². The number of hydrogen-bond donors (Lipinski definition) is 1. The third-order valence-electron chi connectivity index (χ3n) is 1.94. The number of aryl methyl sites for hydroxylation is 3. The Bertz CT molecular complexity index is 207. The fourth-order valence-corrected chi connectivity index (χ4v) is 1.08. The van der Waals surface area contributed by atoms with Gasteiger partial charge in [-0.25, -0.2) is 4.98 Å². The first-order valence-electron chi connectivity index (χ1n) is 5.26. The van der Waals surface area contributed by atoms with E-state index < -0.39 is 0 Å². The monoisotopic (exact) mass is 198 g/mol. The molecule has 2 nitrogen and oxygen atoms in total. The number of nitrogens with zero attached hydrogens (tertiary/aromatic N) is 1. The molecule has 2 heteroatoms. The molecule has 0 atom stereocenters. The van der Waals surface area contributed by atoms with Crippen molar-refractivity contribution in [2.75, 3.05) is 0 Å². The van der Waals surface area contributed by atoms with Gasteiger partial charge in [-0.2, -0.15) is 0 Å². The molecule has 0 bridgehead atoms. The van der Waals surface area contributed by atoms with Crippen LogP contribution in [0.2, 0.25) is 0 Å². The maximum absolute atomic E-state index is 4.39. The summed E-state index contributed by atoms with van der Waals surface area (Å²) in [5, 5.41) is 0. The highest BCUT2D eigenvalue weighted by atomic mass is 14.9. The number of nitrogens with one attached hydrogen (secondary N) is 1. The Hall–Kier alpha value is -0.790. The predicted octanol–water partition coefficient (Wildman–Crippen LogP) is 4.03. The van der Waals surface area contributed by atoms with E-state index in [-0.39, 0.29) is 7.43 Å². The van der Waals surface area contributed by atoms with E-state index in [0.717, 1.165) is 17.9 Å². The molecule has 0 amide bonds. The van der Waals surface area contributed by atoms with E-state index in [1.807, 2.05) is 20.8 Å². The maximum Gasteiger partial charge on any atom is 0.106 e. The molecule has 1 aromatic rings. The van der Waals surface area contributed by atoms with Crippen molar-refractivity contribution in [3.8, 4) is 0 Å². The lowest BCUT2D eigenvalue weighted by atomic mass is 10.2. The molecule has 0 aliphatic rings. The fraction of sp³-hybridized carbons (Fsp3) is 0.750. The third-order valence-corrected chi connectivity index (χ3v) is 1.94. The Morgan fingerprint density at radius 1 is 1.21 bits per heavy atom. The Kier molecular flexibility index (Phi) is 9.84. The number of rotatable bonds is 3. The highest BCUT2D eigenvalue weighted by Gasteiger charge is 2.00. The van der Waals surface area contributed by atoms with Crippen molar-refractivity contribution in [1.29, 1.82) is 0 Å². The first-order valence-corrected chi connectivity index (χ1v) is 5.26. The van der Waals surface area contributed by atoms with Crippen molar-refractivity contribution >= 4 is 0 Å². The van der Waals surface area contributed by atoms with Crippen LogP contribution in [0, 0.1) is 13.8 Å². The van der Waals surface area contributed by atoms with Gasteiger partial charge in [0.15, 0.2) is 0 Å². The molecule has 14 heavy (non-hydrogen) atoms. The van der Waals surface area contributed by atoms with Crippen LogP contribution in [0.1, 0.15) is 58.3 Å². The SMILES string of the molecule is C.CC.CCCCc1nc(C)c(C)[nH]1. The second-order valence-corrected chi connectivity index (χ2v) is 3.00. The van der Waals surface area contributed by atoms with Crippen molar-refractivity contribution in [2.45, 2.75) is 61.3 Å². The molecular formula is C12H26N2. The molecule has 1 heterocycles. The van der Waals surface area contributed by atoms with E-state index >= 15 is 0 Å². The number of H-pyrrole nitrogens is 1. The lowest BCUT2D eigenvalue weighted by molar-refractivity contribution is 0.760. The summed E-state index contributed by atoms with van der Waals surface area (Å²) in [6.45, 7) is 10.3. The van der Waals surface area contributed by atoms with Crippen LogP contribution < -0.4 is 0 Å². The third kappa shape index (κ3) is 5.05. The summed E-state index contributed by atoms with van der Waals surface area (Å²) in [6.07, 6.45) is 3.55. The van der Waals surface area contributed by atoms with Crippen LogP contribution in [0.15, 0.2) is 0 Å². The Balaban J connectivity index is 0. The van der Waals surface area contributed by atoms with Crippen LogP contribution in [-0.4, -0.2) is 9.97 Å². The minimum absolute atomic E-state index is 0. The predicted molar refractivity (Wildman–Crippen MR) is 64.8 cm³/mol. The standard InChI is InChI=1S/C9H16N2.C2H6.CH4/c1-4-5-6-9-10-7(2)8(3)11-9;1-2;/h4-6H2,1-3H3,(H,10,11);1-2H3;1H4. The summed E-state index contributed by atoms with van der Waals surface area (Å²) in [4.78, 5) is 7.66. The average molecular weight is 198 g/mol. The molecule has 0 saturated carbocycles. The molecule has 1 aromatic heterocycles. The topological polar surface area (TPSA) is 28.7 Å². The first kappa shape index (κ1) is 15.7. The van der Waals surface area contributed by atoms with Gasteiger partial charge >= 0.3 is 0 Å². The second-order valence-electron chi connectivity index (χ2n) is 3.00. The van der Waals surface area contributed by atoms with E-state index in [9.17, 15) is 0 Å². The van der Waals surface area contributed by atoms with Gasteiger partial charge in [-0.1, -0.05) is 34.6 Å². The van der Waals surface area contributed by atoms with Gasteiger partial charge in [0.1, 0.15) is 5.82 Å². The zero-order valence-corrected chi connectivity index (χ0v) is 9.57. The van der Waals surface area contributed by atoms with Crippen molar-refractivity contribution in [3.63, 3.8) is 0 Å². The fourth-order valence-electron chi connectivity index (χ4n) is 1.08. The van der Waals surface area contributed by atoms with Gasteiger partial charge in [0.05, 0.1) is 5.69 Å². The van der Waals surface area contributed by atoms with Gasteiger partial charge in [0.25, 0.3) is 0 Å². The molecule has 0 spiro atoms. The number of aromatic nitrogens is 2. The van der Waals surface area contributed by atoms with E-state index in [2.05, 4.69) is 23.8 Å². The summed E-state index contributed by atoms with van der Waals surface area (Å²) in [5.74, 6) is 1.14. The van der Waals surface area contributed by atoms with Crippen molar-refractivity contribution in [2.24, 2.45) is 0 Å². The molecule has 84 valence electrons. The van der Waals surface area contributed by atoms with Crippen molar-refractivity contribution in [1.82, 2.24) is 9.97 Å². The normalized spacial score (nSPS) is 8.64. The maximum atomic E-state index is 4.39. The minimum Gasteiger partial charge on any atom is -0.346 e. The average Bonchev–Trinajstić information content (AvgIpc) is 2.46. The molecule has 0 unspecified atom stereocenters. The Morgan fingerprint density at radius 2 is 1.79 bits per heavy atom. The van der Waals surface area contributed by atoms with Crippen LogP contribution in [0.3, 0.4) is 0 Å². The molecule has 0 saturated heterocycles. The van der Waals surface area contributed by atoms with E-state index in [4.69, 9.17) is 0 Å². The van der Waals surface area contributed by atoms with E-state index in [0.29, 0.717) is 0 Å². The molecule has 0 aliphatic carbocycles. The Morgan fingerprint density at radius 3 is 2.14 bits per heavy atom. The van der Waals surface area contributed by atoms with Crippen molar-refractivity contribution < 1.29 is 0 Å². The molecule has 0 radical (unpaired) electrons. The quantitative estimate of drug-likeness (QED) is 0.780. The van der Waals surface area contributed by atoms with Gasteiger partial charge in [-0.05, 0) is 20.3 Å². The van der Waals surface area contributed by atoms with Crippen LogP contribution in [0.5, 0.6) is 0 Å². The molecule has 0 fully saturated rings. The summed E-state index contributed by atoms with van der Waals surface area (Å²) in [7, 11) is 0. The minimum atomic E-state index is 0. The van der Waals surface area contributed by atoms with Gasteiger partial charge in [-0.15, -0.1) is 0 Å². The molecule has 1 rings (SSSR count). The summed E-state index contributed by atoms with van der Waals surface area (Å²) in [6, 6.07) is 0. The second kappa shape index (κ2) is 8.79. The molecular weight excluding hydrogens is 172 g/mol. The summed E-state index contributed by atoms with van der Waals surface area (Å²) >= 11 is 0. The number of unbranched alkanes of at least 4 members (excludes halogenated alkanes) is 1. The summed E-state index contributed by atoms with van der Waals surface area (Å²) < 4.78 is 0. The zero-order valence-electron chi connectivity index (χ0n) is 9.57. The smallest absolute Gasteiger partial charge is 0.106 e.